The first-order chi connectivity index (χ1) is 17.6. The number of anilines is 2. The van der Waals surface area contributed by atoms with E-state index in [1.54, 1.807) is 6.07 Å². The molecule has 2 aliphatic heterocycles. The van der Waals surface area contributed by atoms with Gasteiger partial charge in [-0.2, -0.15) is 0 Å². The molecule has 1 unspecified atom stereocenters. The summed E-state index contributed by atoms with van der Waals surface area (Å²) in [5.74, 6) is 4.55. The van der Waals surface area contributed by atoms with Crippen LogP contribution in [0.2, 0.25) is 5.02 Å². The van der Waals surface area contributed by atoms with Crippen molar-refractivity contribution < 1.29 is 14.0 Å². The fraction of sp³-hybridized carbons (Fsp3) is 0.407. The van der Waals surface area contributed by atoms with Gasteiger partial charge in [-0.1, -0.05) is 29.8 Å². The Labute approximate surface area is 222 Å². The number of piperidine rings is 1. The van der Waals surface area contributed by atoms with E-state index in [-0.39, 0.29) is 22.2 Å². The number of rotatable bonds is 6. The fourth-order valence-electron chi connectivity index (χ4n) is 5.36. The maximum Gasteiger partial charge on any atom is 0.272 e. The highest BCUT2D eigenvalue weighted by atomic mass is 35.5. The third-order valence-corrected chi connectivity index (χ3v) is 7.60. The van der Waals surface area contributed by atoms with Gasteiger partial charge in [0, 0.05) is 31.4 Å². The largest absolute Gasteiger partial charge is 0.393 e. The van der Waals surface area contributed by atoms with Gasteiger partial charge in [-0.3, -0.25) is 14.6 Å². The van der Waals surface area contributed by atoms with Crippen molar-refractivity contribution in [2.24, 2.45) is 11.6 Å². The van der Waals surface area contributed by atoms with Gasteiger partial charge in [0.05, 0.1) is 16.9 Å². The van der Waals surface area contributed by atoms with Crippen molar-refractivity contribution in [2.75, 3.05) is 43.6 Å². The second-order valence-electron chi connectivity index (χ2n) is 9.85. The van der Waals surface area contributed by atoms with Crippen molar-refractivity contribution >= 4 is 34.7 Å². The third-order valence-electron chi connectivity index (χ3n) is 7.31. The van der Waals surface area contributed by atoms with Crippen LogP contribution in [0.1, 0.15) is 36.9 Å². The van der Waals surface area contributed by atoms with Crippen LogP contribution < -0.4 is 21.5 Å². The Balaban J connectivity index is 1.59. The molecule has 0 saturated carbocycles. The van der Waals surface area contributed by atoms with E-state index in [0.717, 1.165) is 54.0 Å². The zero-order valence-electron chi connectivity index (χ0n) is 21.5. The minimum Gasteiger partial charge on any atom is -0.393 e. The molecule has 0 radical (unpaired) electrons. The number of hydrogen-bond acceptors (Lipinski definition) is 7. The average Bonchev–Trinajstić information content (AvgIpc) is 2.88. The molecule has 0 aromatic heterocycles. The highest BCUT2D eigenvalue weighted by Crippen LogP contribution is 2.37. The van der Waals surface area contributed by atoms with Crippen LogP contribution in [0.25, 0.3) is 0 Å². The van der Waals surface area contributed by atoms with E-state index in [4.69, 9.17) is 23.2 Å². The summed E-state index contributed by atoms with van der Waals surface area (Å²) in [6.07, 6.45) is 3.88. The Kier molecular flexibility index (Phi) is 8.06. The Morgan fingerprint density at radius 1 is 1.11 bits per heavy atom. The summed E-state index contributed by atoms with van der Waals surface area (Å²) in [5, 5.41) is 0.821. The number of nitrogens with zero attached hydrogens (tertiary/aromatic N) is 4. The molecule has 2 aromatic rings. The summed E-state index contributed by atoms with van der Waals surface area (Å²) in [5.41, 5.74) is 8.91. The molecule has 0 spiro atoms. The molecule has 2 aliphatic rings. The Bertz CT molecular complexity index is 1210. The van der Waals surface area contributed by atoms with Gasteiger partial charge >= 0.3 is 0 Å². The molecule has 1 atom stereocenters. The molecule has 0 bridgehead atoms. The molecule has 198 valence electrons. The van der Waals surface area contributed by atoms with E-state index >= 15 is 0 Å². The number of amides is 1. The zero-order valence-corrected chi connectivity index (χ0v) is 22.2. The maximum atomic E-state index is 14.4. The van der Waals surface area contributed by atoms with E-state index in [2.05, 4.69) is 30.0 Å². The monoisotopic (exact) mass is 528 g/mol. The summed E-state index contributed by atoms with van der Waals surface area (Å²) in [4.78, 5) is 32.4. The molecular formula is C27H34ClFN6O2. The van der Waals surface area contributed by atoms with E-state index in [1.807, 2.05) is 12.1 Å². The lowest BCUT2D eigenvalue weighted by Gasteiger charge is -2.41. The number of Topliss-reactive ketones (excluding diaryl/α,β-unsaturated/α-hetero) is 1. The molecule has 1 saturated heterocycles. The number of nitrogens with two attached hydrogens (primary N) is 2. The SMILES string of the molecule is CC(=O)C1c2cccc(N3CCC(N(C)C)CC3)c2CCN1C(=O)/C(N)=C/N(N)c1cccc(Cl)c1F. The Hall–Kier alpha value is -3.14. The highest BCUT2D eigenvalue weighted by molar-refractivity contribution is 6.31. The molecule has 0 aliphatic carbocycles. The zero-order chi connectivity index (χ0) is 26.9. The molecule has 1 fully saturated rings. The van der Waals surface area contributed by atoms with Crippen LogP contribution in [-0.2, 0) is 16.0 Å². The van der Waals surface area contributed by atoms with E-state index in [9.17, 15) is 14.0 Å². The van der Waals surface area contributed by atoms with Gasteiger partial charge in [0.2, 0.25) is 0 Å². The Morgan fingerprint density at radius 2 is 1.78 bits per heavy atom. The van der Waals surface area contributed by atoms with Crippen LogP contribution in [0.15, 0.2) is 48.3 Å². The number of benzene rings is 2. The molecule has 10 heteroatoms. The fourth-order valence-corrected chi connectivity index (χ4v) is 5.53. The minimum absolute atomic E-state index is 0.0296. The first-order valence-corrected chi connectivity index (χ1v) is 12.8. The quantitative estimate of drug-likeness (QED) is 0.337. The lowest BCUT2D eigenvalue weighted by Crippen LogP contribution is -2.46. The summed E-state index contributed by atoms with van der Waals surface area (Å²) in [6, 6.07) is 10.1. The standard InChI is InChI=1S/C27H34ClFN6O2/c1-17(36)26-20-6-4-8-23(33-13-10-18(11-14-33)32(2)3)19(20)12-15-34(26)27(37)22(30)16-35(31)24-9-5-7-21(28)25(24)29/h4-9,16,18,26H,10-15,30-31H2,1-3H3/b22-16-. The van der Waals surface area contributed by atoms with Crippen molar-refractivity contribution in [3.8, 4) is 0 Å². The van der Waals surface area contributed by atoms with Gasteiger partial charge in [-0.25, -0.2) is 10.2 Å². The predicted octanol–water partition coefficient (Wildman–Crippen LogP) is 3.20. The average molecular weight is 529 g/mol. The van der Waals surface area contributed by atoms with Crippen LogP contribution in [0.5, 0.6) is 0 Å². The van der Waals surface area contributed by atoms with Crippen molar-refractivity contribution in [1.29, 1.82) is 0 Å². The van der Waals surface area contributed by atoms with E-state index < -0.39 is 17.8 Å². The first-order valence-electron chi connectivity index (χ1n) is 12.4. The second-order valence-corrected chi connectivity index (χ2v) is 10.3. The predicted molar refractivity (Wildman–Crippen MR) is 145 cm³/mol. The number of carbonyl (C=O) groups is 2. The number of halogens is 2. The molecule has 8 nitrogen and oxygen atoms in total. The van der Waals surface area contributed by atoms with Gasteiger partial charge in [-0.05, 0) is 69.6 Å². The van der Waals surface area contributed by atoms with Gasteiger partial charge in [0.1, 0.15) is 11.7 Å². The lowest BCUT2D eigenvalue weighted by atomic mass is 9.88. The number of carbonyl (C=O) groups excluding carboxylic acids is 2. The second kappa shape index (κ2) is 11.1. The topological polar surface area (TPSA) is 99.1 Å². The third kappa shape index (κ3) is 5.44. The van der Waals surface area contributed by atoms with Crippen LogP contribution in [0.3, 0.4) is 0 Å². The molecule has 2 heterocycles. The summed E-state index contributed by atoms with van der Waals surface area (Å²) >= 11 is 5.84. The van der Waals surface area contributed by atoms with E-state index in [0.29, 0.717) is 19.0 Å². The first kappa shape index (κ1) is 26.9. The van der Waals surface area contributed by atoms with Gasteiger partial charge in [0.25, 0.3) is 5.91 Å². The van der Waals surface area contributed by atoms with Crippen molar-refractivity contribution in [2.45, 2.75) is 38.3 Å². The molecular weight excluding hydrogens is 495 g/mol. The molecule has 4 N–H and O–H groups in total. The molecule has 1 amide bonds. The normalized spacial score (nSPS) is 18.7. The smallest absolute Gasteiger partial charge is 0.272 e. The van der Waals surface area contributed by atoms with Crippen molar-refractivity contribution in [3.63, 3.8) is 0 Å². The van der Waals surface area contributed by atoms with Gasteiger partial charge in [-0.15, -0.1) is 0 Å². The summed E-state index contributed by atoms with van der Waals surface area (Å²) in [7, 11) is 4.23. The van der Waals surface area contributed by atoms with Crippen molar-refractivity contribution in [1.82, 2.24) is 9.80 Å². The summed E-state index contributed by atoms with van der Waals surface area (Å²) < 4.78 is 14.4. The molecule has 4 rings (SSSR count). The van der Waals surface area contributed by atoms with Crippen LogP contribution in [-0.4, -0.2) is 61.3 Å². The van der Waals surface area contributed by atoms with Gasteiger partial charge < -0.3 is 20.4 Å². The number of hydrogen-bond donors (Lipinski definition) is 2. The van der Waals surface area contributed by atoms with Crippen LogP contribution in [0.4, 0.5) is 15.8 Å². The number of fused-ring (bicyclic) bond motifs is 1. The minimum atomic E-state index is -0.767. The van der Waals surface area contributed by atoms with Crippen LogP contribution >= 0.6 is 11.6 Å². The van der Waals surface area contributed by atoms with Gasteiger partial charge in [0.15, 0.2) is 11.6 Å². The van der Waals surface area contributed by atoms with Crippen molar-refractivity contribution in [3.05, 3.63) is 70.3 Å². The number of hydrazine groups is 1. The van der Waals surface area contributed by atoms with Crippen LogP contribution in [0, 0.1) is 5.82 Å². The van der Waals surface area contributed by atoms with E-state index in [1.165, 1.54) is 24.0 Å². The maximum absolute atomic E-state index is 14.4. The molecule has 37 heavy (non-hydrogen) atoms. The highest BCUT2D eigenvalue weighted by Gasteiger charge is 2.36. The summed E-state index contributed by atoms with van der Waals surface area (Å²) in [6.45, 7) is 3.68. The number of ketones is 1. The molecule has 2 aromatic carbocycles. The Morgan fingerprint density at radius 3 is 2.43 bits per heavy atom. The lowest BCUT2D eigenvalue weighted by molar-refractivity contribution is -0.136.